The van der Waals surface area contributed by atoms with E-state index in [1.54, 1.807) is 35.3 Å². The highest BCUT2D eigenvalue weighted by Gasteiger charge is 2.43. The van der Waals surface area contributed by atoms with Gasteiger partial charge in [0.1, 0.15) is 5.69 Å². The van der Waals surface area contributed by atoms with Crippen molar-refractivity contribution in [2.75, 3.05) is 32.7 Å². The van der Waals surface area contributed by atoms with Crippen LogP contribution >= 0.6 is 0 Å². The Hall–Kier alpha value is -3.13. The first kappa shape index (κ1) is 21.1. The largest absolute Gasteiger partial charge is 0.398 e. The number of benzene rings is 1. The summed E-state index contributed by atoms with van der Waals surface area (Å²) in [5, 5.41) is 7.34. The van der Waals surface area contributed by atoms with E-state index in [0.717, 1.165) is 18.8 Å². The molecule has 0 saturated carbocycles. The number of nitrogens with zero attached hydrogens (tertiary/aromatic N) is 5. The topological polar surface area (TPSA) is 106 Å². The molecule has 1 aromatic carbocycles. The zero-order valence-corrected chi connectivity index (χ0v) is 18.1. The van der Waals surface area contributed by atoms with E-state index in [1.807, 2.05) is 18.2 Å². The summed E-state index contributed by atoms with van der Waals surface area (Å²) < 4.78 is 1.67. The molecule has 0 bridgehead atoms. The molecule has 1 unspecified atom stereocenters. The van der Waals surface area contributed by atoms with Crippen LogP contribution in [-0.2, 0) is 0 Å². The highest BCUT2D eigenvalue weighted by atomic mass is 16.3. The van der Waals surface area contributed by atoms with E-state index in [-0.39, 0.29) is 5.69 Å². The van der Waals surface area contributed by atoms with E-state index in [0.29, 0.717) is 22.5 Å². The van der Waals surface area contributed by atoms with Gasteiger partial charge in [-0.25, -0.2) is 4.68 Å². The Morgan fingerprint density at radius 3 is 2.81 bits per heavy atom. The predicted molar refractivity (Wildman–Crippen MR) is 123 cm³/mol. The summed E-state index contributed by atoms with van der Waals surface area (Å²) in [4.78, 5) is 16.2. The number of allylic oxidation sites excluding steroid dienone is 2. The summed E-state index contributed by atoms with van der Waals surface area (Å²) in [6.07, 6.45) is 10.7. The van der Waals surface area contributed by atoms with Crippen molar-refractivity contribution in [3.63, 3.8) is 0 Å². The molecule has 8 heteroatoms. The zero-order valence-electron chi connectivity index (χ0n) is 18.1. The molecular weight excluding hydrogens is 390 g/mol. The van der Waals surface area contributed by atoms with E-state index in [2.05, 4.69) is 27.0 Å². The van der Waals surface area contributed by atoms with Crippen molar-refractivity contribution < 1.29 is 0 Å². The van der Waals surface area contributed by atoms with Crippen LogP contribution in [0.1, 0.15) is 31.7 Å². The molecule has 0 radical (unpaired) electrons. The molecule has 4 N–H and O–H groups in total. The molecule has 2 aliphatic rings. The van der Waals surface area contributed by atoms with Crippen LogP contribution in [0.3, 0.4) is 0 Å². The second-order valence-corrected chi connectivity index (χ2v) is 8.65. The number of aromatic nitrogens is 2. The maximum absolute atomic E-state index is 11.4. The lowest BCUT2D eigenvalue weighted by atomic mass is 9.86. The van der Waals surface area contributed by atoms with Gasteiger partial charge in [0.25, 0.3) is 0 Å². The van der Waals surface area contributed by atoms with E-state index in [9.17, 15) is 4.91 Å². The van der Waals surface area contributed by atoms with Crippen molar-refractivity contribution in [1.29, 1.82) is 0 Å². The first-order valence-electron chi connectivity index (χ1n) is 10.9. The molecule has 3 heterocycles. The molecule has 2 saturated heterocycles. The van der Waals surface area contributed by atoms with Gasteiger partial charge in [0.2, 0.25) is 0 Å². The third-order valence-corrected chi connectivity index (χ3v) is 6.45. The van der Waals surface area contributed by atoms with Crippen LogP contribution in [0.25, 0.3) is 11.4 Å². The van der Waals surface area contributed by atoms with Crippen LogP contribution < -0.4 is 11.5 Å². The quantitative estimate of drug-likeness (QED) is 0.525. The first-order valence-corrected chi connectivity index (χ1v) is 10.9. The maximum Gasteiger partial charge on any atom is 0.119 e. The Balaban J connectivity index is 1.46. The summed E-state index contributed by atoms with van der Waals surface area (Å²) in [6.45, 7) is 7.73. The number of likely N-dealkylation sites (tertiary alicyclic amines) is 2. The fourth-order valence-corrected chi connectivity index (χ4v) is 4.80. The molecule has 1 atom stereocenters. The summed E-state index contributed by atoms with van der Waals surface area (Å²) in [7, 11) is 0. The van der Waals surface area contributed by atoms with Gasteiger partial charge in [-0.15, -0.1) is 4.91 Å². The van der Waals surface area contributed by atoms with Crippen LogP contribution in [-0.4, -0.2) is 52.3 Å². The maximum atomic E-state index is 11.4. The van der Waals surface area contributed by atoms with Gasteiger partial charge in [-0.1, -0.05) is 6.92 Å². The predicted octanol–water partition coefficient (Wildman–Crippen LogP) is 3.18. The van der Waals surface area contributed by atoms with Crippen LogP contribution in [0, 0.1) is 10.3 Å². The van der Waals surface area contributed by atoms with E-state index in [1.165, 1.54) is 38.9 Å². The molecule has 4 rings (SSSR count). The van der Waals surface area contributed by atoms with Crippen molar-refractivity contribution in [1.82, 2.24) is 19.6 Å². The Labute approximate surface area is 183 Å². The summed E-state index contributed by atoms with van der Waals surface area (Å²) in [5.74, 6) is 0.711. The third kappa shape index (κ3) is 4.49. The number of hydrogen-bond donors (Lipinski definition) is 2. The summed E-state index contributed by atoms with van der Waals surface area (Å²) in [5.41, 5.74) is 15.1. The summed E-state index contributed by atoms with van der Waals surface area (Å²) in [6, 6.07) is 7.14. The van der Waals surface area contributed by atoms with Crippen molar-refractivity contribution >= 4 is 11.4 Å². The van der Waals surface area contributed by atoms with Crippen LogP contribution in [0.15, 0.2) is 59.8 Å². The van der Waals surface area contributed by atoms with Crippen LogP contribution in [0.2, 0.25) is 0 Å². The molecular formula is C23H31N7O. The number of nitroso groups, excluding NO2 is 1. The minimum Gasteiger partial charge on any atom is -0.398 e. The van der Waals surface area contributed by atoms with E-state index < -0.39 is 0 Å². The van der Waals surface area contributed by atoms with Crippen LogP contribution in [0.5, 0.6) is 0 Å². The Morgan fingerprint density at radius 2 is 2.06 bits per heavy atom. The van der Waals surface area contributed by atoms with Gasteiger partial charge in [-0.2, -0.15) is 5.10 Å². The number of rotatable bonds is 7. The van der Waals surface area contributed by atoms with Gasteiger partial charge in [0.05, 0.1) is 11.5 Å². The molecule has 2 aromatic rings. The Bertz CT molecular complexity index is 982. The van der Waals surface area contributed by atoms with Gasteiger partial charge in [-0.05, 0) is 73.9 Å². The van der Waals surface area contributed by atoms with Gasteiger partial charge >= 0.3 is 0 Å². The SMILES string of the molecule is CCCN1CCC2(CCN(/C(N)=C/C=C(\N)c3ccc(-n4cccn4)cc3N=O)C2)C1. The van der Waals surface area contributed by atoms with Crippen molar-refractivity contribution in [3.8, 4) is 5.69 Å². The lowest BCUT2D eigenvalue weighted by Gasteiger charge is -2.25. The van der Waals surface area contributed by atoms with Gasteiger partial charge < -0.3 is 21.3 Å². The molecule has 1 spiro atoms. The molecule has 31 heavy (non-hydrogen) atoms. The fraction of sp³-hybridized carbons (Fsp3) is 0.435. The smallest absolute Gasteiger partial charge is 0.119 e. The molecule has 0 amide bonds. The third-order valence-electron chi connectivity index (χ3n) is 6.45. The van der Waals surface area contributed by atoms with E-state index in [4.69, 9.17) is 11.5 Å². The molecule has 8 nitrogen and oxygen atoms in total. The highest BCUT2D eigenvalue weighted by molar-refractivity contribution is 5.75. The lowest BCUT2D eigenvalue weighted by molar-refractivity contribution is 0.256. The number of hydrogen-bond acceptors (Lipinski definition) is 7. The van der Waals surface area contributed by atoms with Crippen LogP contribution in [0.4, 0.5) is 5.69 Å². The standard InChI is InChI=1S/C23H31N7O/c1-2-11-28-13-8-23(16-28)9-14-29(17-23)22(25)7-6-20(24)19-5-4-18(15-21(19)27-31)30-12-3-10-26-30/h3-7,10,12,15H,2,8-9,11,13-14,16-17,24-25H2,1H3/b20-6-,22-7+. The second-order valence-electron chi connectivity index (χ2n) is 8.65. The second kappa shape index (κ2) is 8.93. The van der Waals surface area contributed by atoms with Crippen molar-refractivity contribution in [2.24, 2.45) is 22.1 Å². The lowest BCUT2D eigenvalue weighted by Crippen LogP contribution is -2.32. The zero-order chi connectivity index (χ0) is 21.8. The van der Waals surface area contributed by atoms with Crippen molar-refractivity contribution in [2.45, 2.75) is 26.2 Å². The van der Waals surface area contributed by atoms with Crippen molar-refractivity contribution in [3.05, 3.63) is 65.1 Å². The minimum atomic E-state index is 0.274. The molecule has 1 aromatic heterocycles. The molecule has 2 aliphatic heterocycles. The Morgan fingerprint density at radius 1 is 1.23 bits per heavy atom. The molecule has 0 aliphatic carbocycles. The molecule has 164 valence electrons. The minimum absolute atomic E-state index is 0.274. The monoisotopic (exact) mass is 421 g/mol. The van der Waals surface area contributed by atoms with Gasteiger partial charge in [0, 0.05) is 48.7 Å². The molecule has 2 fully saturated rings. The normalized spacial score (nSPS) is 22.5. The summed E-state index contributed by atoms with van der Waals surface area (Å²) >= 11 is 0. The van der Waals surface area contributed by atoms with Gasteiger partial charge in [0.15, 0.2) is 0 Å². The average Bonchev–Trinajstić information content (AvgIpc) is 3.54. The first-order chi connectivity index (χ1) is 15.0. The number of nitrogens with two attached hydrogens (primary N) is 2. The van der Waals surface area contributed by atoms with Gasteiger partial charge in [-0.3, -0.25) is 0 Å². The fourth-order valence-electron chi connectivity index (χ4n) is 4.80. The van der Waals surface area contributed by atoms with E-state index >= 15 is 0 Å². The highest BCUT2D eigenvalue weighted by Crippen LogP contribution is 2.40. The average molecular weight is 422 g/mol. The Kier molecular flexibility index (Phi) is 6.08.